The average Bonchev–Trinajstić information content (AvgIpc) is 3.30. The summed E-state index contributed by atoms with van der Waals surface area (Å²) < 4.78 is 85.1. The van der Waals surface area contributed by atoms with Gasteiger partial charge in [0, 0.05) is 12.1 Å². The number of ether oxygens (including phenoxy) is 2. The van der Waals surface area contributed by atoms with Gasteiger partial charge in [-0.25, -0.2) is 0 Å². The number of rotatable bonds is 4. The van der Waals surface area contributed by atoms with Crippen molar-refractivity contribution in [2.24, 2.45) is 0 Å². The Kier molecular flexibility index (Phi) is 4.22. The van der Waals surface area contributed by atoms with Crippen molar-refractivity contribution in [2.45, 2.75) is 11.3 Å². The van der Waals surface area contributed by atoms with Crippen LogP contribution in [0.4, 0.5) is 18.9 Å². The Labute approximate surface area is 155 Å². The summed E-state index contributed by atoms with van der Waals surface area (Å²) in [6, 6.07) is 7.36. The highest BCUT2D eigenvalue weighted by Gasteiger charge is 2.36. The van der Waals surface area contributed by atoms with E-state index in [2.05, 4.69) is 14.4 Å². The first-order valence-corrected chi connectivity index (χ1v) is 9.27. The molecule has 0 aliphatic carbocycles. The standard InChI is InChI=1S/C16H11F3N2O6S/c17-16(18,19)14-8-10(20-27-14)11-3-4-15(26-11)28(22,23)21-9-1-2-12-13(7-9)25-6-5-24-12/h1-4,7-8,21H,5-6H2. The lowest BCUT2D eigenvalue weighted by Crippen LogP contribution is -2.16. The summed E-state index contributed by atoms with van der Waals surface area (Å²) in [7, 11) is -4.14. The fourth-order valence-corrected chi connectivity index (χ4v) is 3.42. The van der Waals surface area contributed by atoms with Crippen LogP contribution in [0.5, 0.6) is 11.5 Å². The Bertz CT molecular complexity index is 1120. The maximum Gasteiger partial charge on any atom is 0.452 e. The summed E-state index contributed by atoms with van der Waals surface area (Å²) in [4.78, 5) is 0. The van der Waals surface area contributed by atoms with E-state index in [1.54, 1.807) is 6.07 Å². The van der Waals surface area contributed by atoms with Gasteiger partial charge in [-0.15, -0.1) is 0 Å². The van der Waals surface area contributed by atoms with E-state index in [0.717, 1.165) is 6.07 Å². The molecule has 0 bridgehead atoms. The van der Waals surface area contributed by atoms with Crippen molar-refractivity contribution in [1.29, 1.82) is 0 Å². The normalized spacial score (nSPS) is 14.1. The predicted octanol–water partition coefficient (Wildman–Crippen LogP) is 3.53. The Morgan fingerprint density at radius 3 is 2.46 bits per heavy atom. The van der Waals surface area contributed by atoms with Crippen LogP contribution in [0.15, 0.2) is 50.4 Å². The van der Waals surface area contributed by atoms with Crippen molar-refractivity contribution in [3.8, 4) is 23.0 Å². The van der Waals surface area contributed by atoms with Gasteiger partial charge < -0.3 is 18.4 Å². The van der Waals surface area contributed by atoms with Gasteiger partial charge in [-0.1, -0.05) is 5.16 Å². The third-order valence-corrected chi connectivity index (χ3v) is 4.94. The molecule has 0 amide bonds. The molecule has 0 atom stereocenters. The summed E-state index contributed by atoms with van der Waals surface area (Å²) in [6.07, 6.45) is -4.72. The van der Waals surface area contributed by atoms with Gasteiger partial charge in [0.1, 0.15) is 18.9 Å². The molecule has 1 N–H and O–H groups in total. The molecule has 3 heterocycles. The van der Waals surface area contributed by atoms with Crippen molar-refractivity contribution in [1.82, 2.24) is 5.16 Å². The fourth-order valence-electron chi connectivity index (χ4n) is 2.44. The van der Waals surface area contributed by atoms with Crippen LogP contribution in [-0.4, -0.2) is 26.8 Å². The Hall–Kier alpha value is -3.15. The van der Waals surface area contributed by atoms with Gasteiger partial charge in [0.05, 0.1) is 5.69 Å². The van der Waals surface area contributed by atoms with Crippen LogP contribution in [0.25, 0.3) is 11.5 Å². The number of furan rings is 1. The van der Waals surface area contributed by atoms with E-state index < -0.39 is 27.1 Å². The third kappa shape index (κ3) is 3.50. The molecule has 0 saturated heterocycles. The second kappa shape index (κ2) is 6.48. The van der Waals surface area contributed by atoms with Crippen LogP contribution >= 0.6 is 0 Å². The minimum Gasteiger partial charge on any atom is -0.486 e. The molecule has 3 aromatic rings. The molecule has 1 aliphatic rings. The number of benzene rings is 1. The minimum atomic E-state index is -4.72. The van der Waals surface area contributed by atoms with Crippen molar-refractivity contribution < 1.29 is 40.0 Å². The van der Waals surface area contributed by atoms with Gasteiger partial charge in [-0.3, -0.25) is 4.72 Å². The molecule has 0 saturated carbocycles. The maximum absolute atomic E-state index is 12.6. The van der Waals surface area contributed by atoms with Crippen LogP contribution in [0.3, 0.4) is 0 Å². The Morgan fingerprint density at radius 2 is 1.75 bits per heavy atom. The SMILES string of the molecule is O=S(=O)(Nc1ccc2c(c1)OCCO2)c1ccc(-c2cc(C(F)(F)F)on2)o1. The molecule has 1 aromatic carbocycles. The van der Waals surface area contributed by atoms with Crippen LogP contribution in [0.1, 0.15) is 5.76 Å². The van der Waals surface area contributed by atoms with Crippen LogP contribution < -0.4 is 14.2 Å². The van der Waals surface area contributed by atoms with Gasteiger partial charge in [0.25, 0.3) is 10.0 Å². The van der Waals surface area contributed by atoms with Crippen LogP contribution in [-0.2, 0) is 16.2 Å². The molecule has 2 aromatic heterocycles. The fraction of sp³-hybridized carbons (Fsp3) is 0.188. The number of nitrogens with zero attached hydrogens (tertiary/aromatic N) is 1. The summed E-state index contributed by atoms with van der Waals surface area (Å²) in [5.74, 6) is -0.644. The summed E-state index contributed by atoms with van der Waals surface area (Å²) in [5, 5.41) is 2.74. The number of fused-ring (bicyclic) bond motifs is 1. The van der Waals surface area contributed by atoms with Gasteiger partial charge in [-0.2, -0.15) is 21.6 Å². The zero-order chi connectivity index (χ0) is 19.9. The largest absolute Gasteiger partial charge is 0.486 e. The highest BCUT2D eigenvalue weighted by molar-refractivity contribution is 7.92. The smallest absolute Gasteiger partial charge is 0.452 e. The molecule has 0 radical (unpaired) electrons. The van der Waals surface area contributed by atoms with E-state index in [9.17, 15) is 21.6 Å². The molecule has 0 spiro atoms. The van der Waals surface area contributed by atoms with E-state index in [1.165, 1.54) is 18.2 Å². The summed E-state index contributed by atoms with van der Waals surface area (Å²) in [6.45, 7) is 0.730. The van der Waals surface area contributed by atoms with Gasteiger partial charge in [0.2, 0.25) is 10.9 Å². The zero-order valence-electron chi connectivity index (χ0n) is 13.8. The van der Waals surface area contributed by atoms with Crippen LogP contribution in [0.2, 0.25) is 0 Å². The molecule has 148 valence electrons. The molecule has 4 rings (SSSR count). The van der Waals surface area contributed by atoms with Crippen LogP contribution in [0, 0.1) is 0 Å². The minimum absolute atomic E-state index is 0.193. The van der Waals surface area contributed by atoms with Crippen molar-refractivity contribution in [2.75, 3.05) is 17.9 Å². The molecule has 0 unspecified atom stereocenters. The van der Waals surface area contributed by atoms with E-state index in [0.29, 0.717) is 30.8 Å². The second-order valence-corrected chi connectivity index (χ2v) is 7.27. The number of halogens is 3. The van der Waals surface area contributed by atoms with Gasteiger partial charge in [0.15, 0.2) is 17.3 Å². The number of anilines is 1. The number of aromatic nitrogens is 1. The summed E-state index contributed by atoms with van der Waals surface area (Å²) >= 11 is 0. The van der Waals surface area contributed by atoms with E-state index in [4.69, 9.17) is 13.9 Å². The third-order valence-electron chi connectivity index (χ3n) is 3.68. The number of sulfonamides is 1. The Balaban J connectivity index is 1.56. The van der Waals surface area contributed by atoms with E-state index in [1.807, 2.05) is 0 Å². The van der Waals surface area contributed by atoms with Crippen molar-refractivity contribution in [3.05, 3.63) is 42.2 Å². The average molecular weight is 416 g/mol. The highest BCUT2D eigenvalue weighted by Crippen LogP contribution is 2.35. The van der Waals surface area contributed by atoms with Gasteiger partial charge in [-0.05, 0) is 24.3 Å². The van der Waals surface area contributed by atoms with E-state index >= 15 is 0 Å². The van der Waals surface area contributed by atoms with Gasteiger partial charge >= 0.3 is 6.18 Å². The number of nitrogens with one attached hydrogen (secondary N) is 1. The molecule has 28 heavy (non-hydrogen) atoms. The first kappa shape index (κ1) is 18.2. The zero-order valence-corrected chi connectivity index (χ0v) is 14.6. The van der Waals surface area contributed by atoms with Crippen molar-refractivity contribution in [3.63, 3.8) is 0 Å². The first-order chi connectivity index (χ1) is 13.2. The molecule has 12 heteroatoms. The maximum atomic E-state index is 12.6. The molecular formula is C16H11F3N2O6S. The Morgan fingerprint density at radius 1 is 1.00 bits per heavy atom. The highest BCUT2D eigenvalue weighted by atomic mass is 32.2. The number of hydrogen-bond donors (Lipinski definition) is 1. The quantitative estimate of drug-likeness (QED) is 0.694. The molecule has 8 nitrogen and oxygen atoms in total. The van der Waals surface area contributed by atoms with E-state index in [-0.39, 0.29) is 17.1 Å². The number of hydrogen-bond acceptors (Lipinski definition) is 7. The predicted molar refractivity (Wildman–Crippen MR) is 87.4 cm³/mol. The van der Waals surface area contributed by atoms with Crippen molar-refractivity contribution >= 4 is 15.7 Å². The molecular weight excluding hydrogens is 405 g/mol. The summed E-state index contributed by atoms with van der Waals surface area (Å²) in [5.41, 5.74) is -0.0869. The lowest BCUT2D eigenvalue weighted by Gasteiger charge is -2.19. The first-order valence-electron chi connectivity index (χ1n) is 7.79. The molecule has 0 fully saturated rings. The lowest BCUT2D eigenvalue weighted by atomic mass is 10.3. The number of alkyl halides is 3. The lowest BCUT2D eigenvalue weighted by molar-refractivity contribution is -0.155. The second-order valence-electron chi connectivity index (χ2n) is 5.66. The molecule has 1 aliphatic heterocycles. The monoisotopic (exact) mass is 416 g/mol. The topological polar surface area (TPSA) is 104 Å².